The lowest BCUT2D eigenvalue weighted by Gasteiger charge is -2.23. The molecule has 2 amide bonds. The van der Waals surface area contributed by atoms with Crippen LogP contribution in [0.5, 0.6) is 0 Å². The minimum atomic E-state index is -0.108. The van der Waals surface area contributed by atoms with Crippen molar-refractivity contribution >= 4 is 24.2 Å². The molecule has 0 aliphatic carbocycles. The molecule has 0 bridgehead atoms. The van der Waals surface area contributed by atoms with Gasteiger partial charge in [0.25, 0.3) is 0 Å². The molecule has 22 heavy (non-hydrogen) atoms. The molecule has 1 aliphatic heterocycles. The van der Waals surface area contributed by atoms with Crippen molar-refractivity contribution in [2.24, 2.45) is 5.92 Å². The Kier molecular flexibility index (Phi) is 12.2. The maximum Gasteiger partial charge on any atom is 0.239 e. The zero-order chi connectivity index (χ0) is 15.5. The molecule has 7 heteroatoms. The number of hydrogen-bond acceptors (Lipinski definition) is 4. The number of methoxy groups -OCH3 is 1. The van der Waals surface area contributed by atoms with E-state index >= 15 is 0 Å². The quantitative estimate of drug-likeness (QED) is 0.611. The van der Waals surface area contributed by atoms with Crippen LogP contribution in [0.25, 0.3) is 0 Å². The van der Waals surface area contributed by atoms with Gasteiger partial charge < -0.3 is 20.3 Å². The van der Waals surface area contributed by atoms with E-state index in [-0.39, 0.29) is 30.8 Å². The van der Waals surface area contributed by atoms with Gasteiger partial charge >= 0.3 is 0 Å². The van der Waals surface area contributed by atoms with Crippen molar-refractivity contribution in [3.63, 3.8) is 0 Å². The fourth-order valence-corrected chi connectivity index (χ4v) is 2.49. The molecule has 1 heterocycles. The van der Waals surface area contributed by atoms with E-state index in [9.17, 15) is 9.59 Å². The smallest absolute Gasteiger partial charge is 0.239 e. The second-order valence-corrected chi connectivity index (χ2v) is 5.68. The summed E-state index contributed by atoms with van der Waals surface area (Å²) in [5, 5.41) is 6.11. The van der Waals surface area contributed by atoms with E-state index in [0.717, 1.165) is 38.8 Å². The lowest BCUT2D eigenvalue weighted by atomic mass is 9.93. The number of rotatable bonds is 9. The summed E-state index contributed by atoms with van der Waals surface area (Å²) in [5.74, 6) is 0.593. The van der Waals surface area contributed by atoms with Crippen molar-refractivity contribution in [2.45, 2.75) is 32.1 Å². The molecule has 0 saturated carbocycles. The molecule has 0 aromatic carbocycles. The van der Waals surface area contributed by atoms with E-state index in [0.29, 0.717) is 25.5 Å². The highest BCUT2D eigenvalue weighted by molar-refractivity contribution is 5.85. The van der Waals surface area contributed by atoms with Crippen molar-refractivity contribution in [1.82, 2.24) is 15.5 Å². The Morgan fingerprint density at radius 3 is 2.64 bits per heavy atom. The minimum absolute atomic E-state index is 0. The highest BCUT2D eigenvalue weighted by Gasteiger charge is 2.17. The van der Waals surface area contributed by atoms with Gasteiger partial charge in [0.1, 0.15) is 0 Å². The maximum absolute atomic E-state index is 12.0. The van der Waals surface area contributed by atoms with Gasteiger partial charge in [0, 0.05) is 33.7 Å². The van der Waals surface area contributed by atoms with Crippen molar-refractivity contribution in [1.29, 1.82) is 0 Å². The number of nitrogens with one attached hydrogen (secondary N) is 2. The number of ether oxygens (including phenoxy) is 1. The molecule has 6 nitrogen and oxygen atoms in total. The molecule has 0 aromatic heterocycles. The Morgan fingerprint density at radius 2 is 2.00 bits per heavy atom. The highest BCUT2D eigenvalue weighted by Crippen LogP contribution is 2.18. The molecular formula is C15H30ClN3O3. The Morgan fingerprint density at radius 1 is 1.32 bits per heavy atom. The van der Waals surface area contributed by atoms with Gasteiger partial charge in [0.05, 0.1) is 6.54 Å². The predicted octanol–water partition coefficient (Wildman–Crippen LogP) is 0.799. The lowest BCUT2D eigenvalue weighted by molar-refractivity contribution is -0.135. The number of piperidine rings is 1. The zero-order valence-electron chi connectivity index (χ0n) is 13.7. The predicted molar refractivity (Wildman–Crippen MR) is 89.2 cm³/mol. The molecule has 0 radical (unpaired) electrons. The van der Waals surface area contributed by atoms with Gasteiger partial charge in [0.2, 0.25) is 11.8 Å². The van der Waals surface area contributed by atoms with Gasteiger partial charge in [-0.25, -0.2) is 0 Å². The lowest BCUT2D eigenvalue weighted by Crippen LogP contribution is -2.39. The van der Waals surface area contributed by atoms with E-state index < -0.39 is 0 Å². The molecule has 1 fully saturated rings. The second-order valence-electron chi connectivity index (χ2n) is 5.68. The van der Waals surface area contributed by atoms with E-state index in [1.54, 1.807) is 14.2 Å². The molecule has 0 atom stereocenters. The van der Waals surface area contributed by atoms with Crippen molar-refractivity contribution in [3.05, 3.63) is 0 Å². The molecule has 1 aliphatic rings. The Labute approximate surface area is 139 Å². The van der Waals surface area contributed by atoms with Gasteiger partial charge in [0.15, 0.2) is 0 Å². The third-order valence-electron chi connectivity index (χ3n) is 3.88. The summed E-state index contributed by atoms with van der Waals surface area (Å²) in [4.78, 5) is 25.2. The fourth-order valence-electron chi connectivity index (χ4n) is 2.49. The first-order chi connectivity index (χ1) is 10.1. The Bertz CT molecular complexity index is 323. The van der Waals surface area contributed by atoms with E-state index in [2.05, 4.69) is 10.6 Å². The van der Waals surface area contributed by atoms with Gasteiger partial charge in [-0.05, 0) is 44.7 Å². The first-order valence-electron chi connectivity index (χ1n) is 7.83. The normalized spacial score (nSPS) is 15.0. The Hall–Kier alpha value is -0.850. The van der Waals surface area contributed by atoms with Crippen LogP contribution in [-0.2, 0) is 14.3 Å². The summed E-state index contributed by atoms with van der Waals surface area (Å²) >= 11 is 0. The van der Waals surface area contributed by atoms with Crippen LogP contribution in [0.4, 0.5) is 0 Å². The van der Waals surface area contributed by atoms with E-state index in [1.165, 1.54) is 4.90 Å². The van der Waals surface area contributed by atoms with Crippen molar-refractivity contribution in [2.75, 3.05) is 46.9 Å². The standard InChI is InChI=1S/C15H29N3O3.ClH/c1-18(12-14(19)17-8-3-11-21-2)15(20)5-4-13-6-9-16-10-7-13;/h13,16H,3-12H2,1-2H3,(H,17,19);1H. The molecule has 1 saturated heterocycles. The molecule has 0 unspecified atom stereocenters. The summed E-state index contributed by atoms with van der Waals surface area (Å²) < 4.78 is 4.91. The molecule has 130 valence electrons. The summed E-state index contributed by atoms with van der Waals surface area (Å²) in [7, 11) is 3.33. The van der Waals surface area contributed by atoms with Crippen LogP contribution >= 0.6 is 12.4 Å². The van der Waals surface area contributed by atoms with Gasteiger partial charge in [-0.15, -0.1) is 12.4 Å². The SMILES string of the molecule is COCCCNC(=O)CN(C)C(=O)CCC1CCNCC1.Cl. The van der Waals surface area contributed by atoms with Crippen LogP contribution in [-0.4, -0.2) is 63.7 Å². The minimum Gasteiger partial charge on any atom is -0.385 e. The van der Waals surface area contributed by atoms with Crippen LogP contribution in [0, 0.1) is 5.92 Å². The van der Waals surface area contributed by atoms with Gasteiger partial charge in [-0.3, -0.25) is 9.59 Å². The highest BCUT2D eigenvalue weighted by atomic mass is 35.5. The van der Waals surface area contributed by atoms with Gasteiger partial charge in [-0.2, -0.15) is 0 Å². The van der Waals surface area contributed by atoms with Crippen LogP contribution in [0.15, 0.2) is 0 Å². The average molecular weight is 336 g/mol. The molecule has 0 spiro atoms. The van der Waals surface area contributed by atoms with Crippen LogP contribution in [0.3, 0.4) is 0 Å². The molecule has 1 rings (SSSR count). The van der Waals surface area contributed by atoms with E-state index in [1.807, 2.05) is 0 Å². The maximum atomic E-state index is 12.0. The number of carbonyl (C=O) groups is 2. The number of likely N-dealkylation sites (N-methyl/N-ethyl adjacent to an activating group) is 1. The first kappa shape index (κ1) is 21.1. The molecular weight excluding hydrogens is 306 g/mol. The largest absolute Gasteiger partial charge is 0.385 e. The van der Waals surface area contributed by atoms with Crippen LogP contribution in [0.1, 0.15) is 32.1 Å². The zero-order valence-corrected chi connectivity index (χ0v) is 14.5. The first-order valence-corrected chi connectivity index (χ1v) is 7.83. The summed E-state index contributed by atoms with van der Waals surface area (Å²) in [6.45, 7) is 3.46. The fraction of sp³-hybridized carbons (Fsp3) is 0.867. The van der Waals surface area contributed by atoms with Gasteiger partial charge in [-0.1, -0.05) is 0 Å². The third kappa shape index (κ3) is 9.23. The van der Waals surface area contributed by atoms with Crippen LogP contribution < -0.4 is 10.6 Å². The molecule has 0 aromatic rings. The Balaban J connectivity index is 0.00000441. The number of carbonyl (C=O) groups excluding carboxylic acids is 2. The average Bonchev–Trinajstić information content (AvgIpc) is 2.50. The third-order valence-corrected chi connectivity index (χ3v) is 3.88. The monoisotopic (exact) mass is 335 g/mol. The topological polar surface area (TPSA) is 70.7 Å². The second kappa shape index (κ2) is 12.7. The van der Waals surface area contributed by atoms with E-state index in [4.69, 9.17) is 4.74 Å². The number of amides is 2. The summed E-state index contributed by atoms with van der Waals surface area (Å²) in [5.41, 5.74) is 0. The van der Waals surface area contributed by atoms with Crippen LogP contribution in [0.2, 0.25) is 0 Å². The number of halogens is 1. The number of hydrogen-bond donors (Lipinski definition) is 2. The summed E-state index contributed by atoms with van der Waals surface area (Å²) in [6, 6.07) is 0. The summed E-state index contributed by atoms with van der Waals surface area (Å²) in [6.07, 6.45) is 4.56. The molecule has 2 N–H and O–H groups in total. The van der Waals surface area contributed by atoms with Crippen molar-refractivity contribution < 1.29 is 14.3 Å². The van der Waals surface area contributed by atoms with Crippen molar-refractivity contribution in [3.8, 4) is 0 Å². The number of nitrogens with zero attached hydrogens (tertiary/aromatic N) is 1.